The molecule has 0 aliphatic carbocycles. The summed E-state index contributed by atoms with van der Waals surface area (Å²) in [6, 6.07) is -0.177. The Kier molecular flexibility index (Phi) is 3.77. The zero-order valence-corrected chi connectivity index (χ0v) is 10.5. The summed E-state index contributed by atoms with van der Waals surface area (Å²) >= 11 is 1.95. The maximum absolute atomic E-state index is 12.1. The van der Waals surface area contributed by atoms with Crippen molar-refractivity contribution < 1.29 is 9.53 Å². The highest BCUT2D eigenvalue weighted by atomic mass is 32.2. The molecule has 92 valence electrons. The molecule has 1 amide bonds. The molecular formula is C11H20N2O2S. The molecule has 16 heavy (non-hydrogen) atoms. The van der Waals surface area contributed by atoms with E-state index in [1.54, 1.807) is 0 Å². The molecule has 3 unspecified atom stereocenters. The average molecular weight is 244 g/mol. The van der Waals surface area contributed by atoms with E-state index in [-0.39, 0.29) is 11.9 Å². The molecule has 2 aliphatic heterocycles. The topological polar surface area (TPSA) is 64.3 Å². The van der Waals surface area contributed by atoms with Gasteiger partial charge < -0.3 is 15.8 Å². The molecule has 2 aliphatic rings. The second-order valence-corrected chi connectivity index (χ2v) is 6.29. The van der Waals surface area contributed by atoms with Gasteiger partial charge in [0, 0.05) is 17.8 Å². The lowest BCUT2D eigenvalue weighted by molar-refractivity contribution is -0.130. The van der Waals surface area contributed by atoms with Gasteiger partial charge in [-0.2, -0.15) is 11.8 Å². The van der Waals surface area contributed by atoms with Crippen LogP contribution < -0.4 is 11.1 Å². The Morgan fingerprint density at radius 3 is 3.06 bits per heavy atom. The molecule has 2 fully saturated rings. The van der Waals surface area contributed by atoms with Crippen LogP contribution in [0.5, 0.6) is 0 Å². The number of carbonyl (C=O) groups excluding carboxylic acids is 1. The van der Waals surface area contributed by atoms with Gasteiger partial charge in [-0.15, -0.1) is 0 Å². The van der Waals surface area contributed by atoms with E-state index in [1.165, 1.54) is 18.6 Å². The van der Waals surface area contributed by atoms with Crippen molar-refractivity contribution in [2.24, 2.45) is 11.1 Å². The normalized spacial score (nSPS) is 38.9. The fourth-order valence-corrected chi connectivity index (χ4v) is 3.34. The van der Waals surface area contributed by atoms with Crippen molar-refractivity contribution in [2.75, 3.05) is 25.5 Å². The minimum absolute atomic E-state index is 0.0463. The number of ether oxygens (including phenoxy) is 1. The van der Waals surface area contributed by atoms with Crippen LogP contribution in [0.25, 0.3) is 0 Å². The zero-order chi connectivity index (χ0) is 11.6. The summed E-state index contributed by atoms with van der Waals surface area (Å²) in [5.74, 6) is 1.27. The SMILES string of the molecule is CC1(C(=O)NCC2CCCS2)COCC1N. The molecule has 2 saturated heterocycles. The van der Waals surface area contributed by atoms with Gasteiger partial charge in [0.1, 0.15) is 0 Å². The molecule has 0 saturated carbocycles. The number of rotatable bonds is 3. The molecule has 2 rings (SSSR count). The Morgan fingerprint density at radius 1 is 1.69 bits per heavy atom. The van der Waals surface area contributed by atoms with Crippen LogP contribution in [0.4, 0.5) is 0 Å². The Balaban J connectivity index is 1.82. The Morgan fingerprint density at radius 2 is 2.50 bits per heavy atom. The molecule has 0 bridgehead atoms. The van der Waals surface area contributed by atoms with Gasteiger partial charge in [-0.3, -0.25) is 4.79 Å². The second-order valence-electron chi connectivity index (χ2n) is 4.88. The predicted octanol–water partition coefficient (Wildman–Crippen LogP) is 0.362. The second kappa shape index (κ2) is 4.94. The highest BCUT2D eigenvalue weighted by Gasteiger charge is 2.44. The highest BCUT2D eigenvalue weighted by molar-refractivity contribution is 8.00. The summed E-state index contributed by atoms with van der Waals surface area (Å²) in [5.41, 5.74) is 5.37. The average Bonchev–Trinajstić information content (AvgIpc) is 2.87. The molecule has 4 nitrogen and oxygen atoms in total. The molecule has 2 heterocycles. The first kappa shape index (κ1) is 12.2. The largest absolute Gasteiger partial charge is 0.379 e. The molecule has 0 aromatic carbocycles. The molecule has 0 aromatic rings. The standard InChI is InChI=1S/C11H20N2O2S/c1-11(7-15-6-9(11)12)10(14)13-5-8-3-2-4-16-8/h8-9H,2-7,12H2,1H3,(H,13,14). The Hall–Kier alpha value is -0.260. The number of carbonyl (C=O) groups is 1. The first-order valence-corrected chi connectivity index (χ1v) is 6.91. The van der Waals surface area contributed by atoms with Crippen molar-refractivity contribution in [3.8, 4) is 0 Å². The Labute approximate surface area is 101 Å². The van der Waals surface area contributed by atoms with Crippen molar-refractivity contribution in [1.82, 2.24) is 5.32 Å². The molecule has 5 heteroatoms. The Bertz CT molecular complexity index is 269. The number of amides is 1. The minimum atomic E-state index is -0.538. The molecule has 3 N–H and O–H groups in total. The van der Waals surface area contributed by atoms with Gasteiger partial charge in [0.15, 0.2) is 0 Å². The van der Waals surface area contributed by atoms with E-state index in [4.69, 9.17) is 10.5 Å². The van der Waals surface area contributed by atoms with Gasteiger partial charge >= 0.3 is 0 Å². The summed E-state index contributed by atoms with van der Waals surface area (Å²) in [7, 11) is 0. The summed E-state index contributed by atoms with van der Waals surface area (Å²) in [6.07, 6.45) is 2.48. The maximum atomic E-state index is 12.1. The van der Waals surface area contributed by atoms with Crippen LogP contribution in [0.15, 0.2) is 0 Å². The summed E-state index contributed by atoms with van der Waals surface area (Å²) in [6.45, 7) is 3.59. The third-order valence-electron chi connectivity index (χ3n) is 3.55. The number of hydrogen-bond acceptors (Lipinski definition) is 4. The first-order valence-electron chi connectivity index (χ1n) is 5.86. The highest BCUT2D eigenvalue weighted by Crippen LogP contribution is 2.28. The van der Waals surface area contributed by atoms with E-state index in [9.17, 15) is 4.79 Å². The molecule has 0 aromatic heterocycles. The van der Waals surface area contributed by atoms with Gasteiger partial charge in [-0.25, -0.2) is 0 Å². The van der Waals surface area contributed by atoms with Crippen LogP contribution in [0.2, 0.25) is 0 Å². The van der Waals surface area contributed by atoms with E-state index >= 15 is 0 Å². The van der Waals surface area contributed by atoms with Crippen LogP contribution in [0, 0.1) is 5.41 Å². The van der Waals surface area contributed by atoms with Crippen molar-refractivity contribution in [3.05, 3.63) is 0 Å². The van der Waals surface area contributed by atoms with Crippen LogP contribution in [0.1, 0.15) is 19.8 Å². The fraction of sp³-hybridized carbons (Fsp3) is 0.909. The third-order valence-corrected chi connectivity index (χ3v) is 4.95. The van der Waals surface area contributed by atoms with Gasteiger partial charge in [-0.1, -0.05) is 0 Å². The molecule has 0 spiro atoms. The first-order chi connectivity index (χ1) is 7.63. The lowest BCUT2D eigenvalue weighted by atomic mass is 9.85. The van der Waals surface area contributed by atoms with Gasteiger partial charge in [0.25, 0.3) is 0 Å². The van der Waals surface area contributed by atoms with E-state index in [0.29, 0.717) is 18.5 Å². The van der Waals surface area contributed by atoms with Crippen LogP contribution in [-0.4, -0.2) is 42.7 Å². The number of thioether (sulfide) groups is 1. The van der Waals surface area contributed by atoms with Crippen LogP contribution in [0.3, 0.4) is 0 Å². The number of hydrogen-bond donors (Lipinski definition) is 2. The van der Waals surface area contributed by atoms with Gasteiger partial charge in [0.2, 0.25) is 5.91 Å². The minimum Gasteiger partial charge on any atom is -0.379 e. The van der Waals surface area contributed by atoms with Crippen LogP contribution >= 0.6 is 11.8 Å². The molecule has 0 radical (unpaired) electrons. The monoisotopic (exact) mass is 244 g/mol. The van der Waals surface area contributed by atoms with Gasteiger partial charge in [-0.05, 0) is 25.5 Å². The third kappa shape index (κ3) is 2.36. The molecule has 3 atom stereocenters. The van der Waals surface area contributed by atoms with Crippen molar-refractivity contribution in [1.29, 1.82) is 0 Å². The lowest BCUT2D eigenvalue weighted by Crippen LogP contribution is -2.50. The van der Waals surface area contributed by atoms with Crippen molar-refractivity contribution in [2.45, 2.75) is 31.1 Å². The summed E-state index contributed by atoms with van der Waals surface area (Å²) in [5, 5.41) is 3.61. The van der Waals surface area contributed by atoms with E-state index in [0.717, 1.165) is 6.54 Å². The zero-order valence-electron chi connectivity index (χ0n) is 9.70. The quantitative estimate of drug-likeness (QED) is 0.752. The fourth-order valence-electron chi connectivity index (χ4n) is 2.14. The van der Waals surface area contributed by atoms with Crippen LogP contribution in [-0.2, 0) is 9.53 Å². The summed E-state index contributed by atoms with van der Waals surface area (Å²) < 4.78 is 5.27. The van der Waals surface area contributed by atoms with E-state index in [2.05, 4.69) is 5.32 Å². The number of nitrogens with two attached hydrogens (primary N) is 1. The lowest BCUT2D eigenvalue weighted by Gasteiger charge is -2.26. The number of nitrogens with one attached hydrogen (secondary N) is 1. The summed E-state index contributed by atoms with van der Waals surface area (Å²) in [4.78, 5) is 12.1. The van der Waals surface area contributed by atoms with Crippen molar-refractivity contribution >= 4 is 17.7 Å². The molecular weight excluding hydrogens is 224 g/mol. The predicted molar refractivity (Wildman–Crippen MR) is 65.4 cm³/mol. The van der Waals surface area contributed by atoms with Gasteiger partial charge in [0.05, 0.1) is 18.6 Å². The maximum Gasteiger partial charge on any atom is 0.229 e. The van der Waals surface area contributed by atoms with E-state index < -0.39 is 5.41 Å². The van der Waals surface area contributed by atoms with Crippen molar-refractivity contribution in [3.63, 3.8) is 0 Å². The van der Waals surface area contributed by atoms with E-state index in [1.807, 2.05) is 18.7 Å². The smallest absolute Gasteiger partial charge is 0.229 e.